The second-order valence-corrected chi connectivity index (χ2v) is 4.92. The van der Waals surface area contributed by atoms with Crippen LogP contribution in [0.1, 0.15) is 15.9 Å². The molecule has 0 spiro atoms. The van der Waals surface area contributed by atoms with Crippen LogP contribution in [0, 0.1) is 0 Å². The molecule has 4 rings (SSSR count). The zero-order valence-electron chi connectivity index (χ0n) is 10.9. The average Bonchev–Trinajstić information content (AvgIpc) is 3.03. The molecule has 3 aromatic heterocycles. The Bertz CT molecular complexity index is 850. The van der Waals surface area contributed by atoms with Crippen molar-refractivity contribution in [3.05, 3.63) is 48.0 Å². The monoisotopic (exact) mass is 264 g/mol. The summed E-state index contributed by atoms with van der Waals surface area (Å²) in [6.07, 6.45) is 7.23. The third-order valence-corrected chi connectivity index (χ3v) is 3.79. The average molecular weight is 264 g/mol. The van der Waals surface area contributed by atoms with Gasteiger partial charge in [-0.1, -0.05) is 0 Å². The van der Waals surface area contributed by atoms with E-state index in [1.165, 1.54) is 0 Å². The molecule has 0 radical (unpaired) electrons. The molecule has 4 heterocycles. The number of carbonyl (C=O) groups is 1. The molecule has 0 fully saturated rings. The lowest BCUT2D eigenvalue weighted by molar-refractivity contribution is 0.0965. The fourth-order valence-electron chi connectivity index (χ4n) is 2.77. The summed E-state index contributed by atoms with van der Waals surface area (Å²) in [5.74, 6) is -0.0484. The van der Waals surface area contributed by atoms with E-state index >= 15 is 0 Å². The van der Waals surface area contributed by atoms with Crippen molar-refractivity contribution in [3.8, 4) is 11.1 Å². The topological polar surface area (TPSA) is 59.8 Å². The molecule has 0 saturated heterocycles. The lowest BCUT2D eigenvalue weighted by atomic mass is 9.98. The summed E-state index contributed by atoms with van der Waals surface area (Å²) in [6, 6.07) is 4.02. The normalized spacial score (nSPS) is 13.6. The first kappa shape index (κ1) is 11.2. The van der Waals surface area contributed by atoms with Crippen LogP contribution in [-0.4, -0.2) is 20.4 Å². The fraction of sp³-hybridized carbons (Fsp3) is 0.133. The number of amides is 1. The minimum absolute atomic E-state index is 0.0484. The lowest BCUT2D eigenvalue weighted by Gasteiger charge is -2.08. The van der Waals surface area contributed by atoms with E-state index in [4.69, 9.17) is 0 Å². The molecule has 20 heavy (non-hydrogen) atoms. The van der Waals surface area contributed by atoms with E-state index < -0.39 is 0 Å². The molecule has 0 atom stereocenters. The Morgan fingerprint density at radius 2 is 2.05 bits per heavy atom. The van der Waals surface area contributed by atoms with E-state index in [9.17, 15) is 4.79 Å². The van der Waals surface area contributed by atoms with Gasteiger partial charge < -0.3 is 9.88 Å². The van der Waals surface area contributed by atoms with E-state index in [1.807, 2.05) is 36.1 Å². The van der Waals surface area contributed by atoms with Gasteiger partial charge in [0.05, 0.1) is 5.56 Å². The van der Waals surface area contributed by atoms with Gasteiger partial charge in [-0.15, -0.1) is 0 Å². The third kappa shape index (κ3) is 1.40. The second-order valence-electron chi connectivity index (χ2n) is 4.92. The summed E-state index contributed by atoms with van der Waals surface area (Å²) in [7, 11) is 1.97. The molecule has 0 unspecified atom stereocenters. The molecule has 0 aliphatic carbocycles. The number of rotatable bonds is 1. The number of pyridine rings is 2. The summed E-state index contributed by atoms with van der Waals surface area (Å²) >= 11 is 0. The smallest absolute Gasteiger partial charge is 0.253 e. The van der Waals surface area contributed by atoms with Gasteiger partial charge >= 0.3 is 0 Å². The van der Waals surface area contributed by atoms with Gasteiger partial charge in [-0.3, -0.25) is 9.78 Å². The summed E-state index contributed by atoms with van der Waals surface area (Å²) in [5, 5.41) is 3.92. The third-order valence-electron chi connectivity index (χ3n) is 3.79. The van der Waals surface area contributed by atoms with E-state index in [-0.39, 0.29) is 5.91 Å². The van der Waals surface area contributed by atoms with Crippen LogP contribution in [0.15, 0.2) is 36.9 Å². The first-order valence-corrected chi connectivity index (χ1v) is 6.41. The molecule has 3 aromatic rings. The molecule has 1 aliphatic heterocycles. The first-order chi connectivity index (χ1) is 9.75. The van der Waals surface area contributed by atoms with Crippen molar-refractivity contribution in [2.24, 2.45) is 7.05 Å². The predicted molar refractivity (Wildman–Crippen MR) is 75.1 cm³/mol. The largest absolute Gasteiger partial charge is 0.348 e. The van der Waals surface area contributed by atoms with Crippen LogP contribution < -0.4 is 5.32 Å². The lowest BCUT2D eigenvalue weighted by Crippen LogP contribution is -2.12. The van der Waals surface area contributed by atoms with Gasteiger partial charge in [0.15, 0.2) is 0 Å². The Morgan fingerprint density at radius 3 is 2.95 bits per heavy atom. The molecule has 1 aliphatic rings. The van der Waals surface area contributed by atoms with Gasteiger partial charge in [-0.2, -0.15) is 0 Å². The molecule has 98 valence electrons. The van der Waals surface area contributed by atoms with Gasteiger partial charge in [0.2, 0.25) is 0 Å². The van der Waals surface area contributed by atoms with Crippen molar-refractivity contribution >= 4 is 16.9 Å². The van der Waals surface area contributed by atoms with Crippen molar-refractivity contribution in [3.63, 3.8) is 0 Å². The van der Waals surface area contributed by atoms with Crippen molar-refractivity contribution < 1.29 is 4.79 Å². The summed E-state index contributed by atoms with van der Waals surface area (Å²) in [6.45, 7) is 0.558. The zero-order valence-corrected chi connectivity index (χ0v) is 10.9. The number of hydrogen-bond donors (Lipinski definition) is 1. The van der Waals surface area contributed by atoms with Crippen molar-refractivity contribution in [2.75, 3.05) is 0 Å². The number of aryl methyl sites for hydroxylation is 1. The highest BCUT2D eigenvalue weighted by Gasteiger charge is 2.23. The highest BCUT2D eigenvalue weighted by Crippen LogP contribution is 2.32. The first-order valence-electron chi connectivity index (χ1n) is 6.41. The molecule has 0 saturated carbocycles. The van der Waals surface area contributed by atoms with Crippen molar-refractivity contribution in [1.29, 1.82) is 0 Å². The van der Waals surface area contributed by atoms with Crippen LogP contribution in [0.3, 0.4) is 0 Å². The minimum Gasteiger partial charge on any atom is -0.348 e. The molecule has 1 N–H and O–H groups in total. The Balaban J connectivity index is 2.04. The highest BCUT2D eigenvalue weighted by atomic mass is 16.1. The quantitative estimate of drug-likeness (QED) is 0.730. The van der Waals surface area contributed by atoms with Gasteiger partial charge in [0.25, 0.3) is 5.91 Å². The van der Waals surface area contributed by atoms with Crippen LogP contribution in [0.25, 0.3) is 22.2 Å². The van der Waals surface area contributed by atoms with Crippen molar-refractivity contribution in [1.82, 2.24) is 19.9 Å². The number of aromatic nitrogens is 3. The second kappa shape index (κ2) is 3.90. The van der Waals surface area contributed by atoms with E-state index in [2.05, 4.69) is 15.3 Å². The molecular weight excluding hydrogens is 252 g/mol. The van der Waals surface area contributed by atoms with E-state index in [1.54, 1.807) is 12.4 Å². The van der Waals surface area contributed by atoms with E-state index in [0.717, 1.165) is 27.7 Å². The Labute approximate surface area is 115 Å². The number of fused-ring (bicyclic) bond motifs is 2. The SMILES string of the molecule is Cn1ccc2c(-c3cncc4c3CNC4=O)ccnc21. The van der Waals surface area contributed by atoms with Crippen LogP contribution >= 0.6 is 0 Å². The summed E-state index contributed by atoms with van der Waals surface area (Å²) in [5.41, 5.74) is 4.68. The maximum atomic E-state index is 11.7. The van der Waals surface area contributed by atoms with Gasteiger partial charge in [0.1, 0.15) is 5.65 Å². The zero-order chi connectivity index (χ0) is 13.7. The molecule has 5 heteroatoms. The molecule has 1 amide bonds. The maximum Gasteiger partial charge on any atom is 0.253 e. The number of carbonyl (C=O) groups excluding carboxylic acids is 1. The molecular formula is C15H12N4O. The van der Waals surface area contributed by atoms with Gasteiger partial charge in [-0.25, -0.2) is 4.98 Å². The van der Waals surface area contributed by atoms with Crippen LogP contribution in [0.5, 0.6) is 0 Å². The molecule has 0 aromatic carbocycles. The van der Waals surface area contributed by atoms with Gasteiger partial charge in [-0.05, 0) is 23.3 Å². The number of nitrogens with one attached hydrogen (secondary N) is 1. The highest BCUT2D eigenvalue weighted by molar-refractivity contribution is 6.02. The summed E-state index contributed by atoms with van der Waals surface area (Å²) in [4.78, 5) is 20.4. The molecule has 0 bridgehead atoms. The number of hydrogen-bond acceptors (Lipinski definition) is 3. The Kier molecular flexibility index (Phi) is 2.18. The van der Waals surface area contributed by atoms with Crippen molar-refractivity contribution in [2.45, 2.75) is 6.54 Å². The molecule has 5 nitrogen and oxygen atoms in total. The number of nitrogens with zero attached hydrogens (tertiary/aromatic N) is 3. The van der Waals surface area contributed by atoms with Gasteiger partial charge in [0, 0.05) is 49.3 Å². The van der Waals surface area contributed by atoms with Crippen LogP contribution in [0.2, 0.25) is 0 Å². The Morgan fingerprint density at radius 1 is 1.20 bits per heavy atom. The van der Waals surface area contributed by atoms with E-state index in [0.29, 0.717) is 12.1 Å². The Hall–Kier alpha value is -2.69. The predicted octanol–water partition coefficient (Wildman–Crippen LogP) is 1.88. The van der Waals surface area contributed by atoms with Crippen LogP contribution in [0.4, 0.5) is 0 Å². The fourth-order valence-corrected chi connectivity index (χ4v) is 2.77. The summed E-state index contributed by atoms with van der Waals surface area (Å²) < 4.78 is 1.98. The standard InChI is InChI=1S/C15H12N4O/c1-19-5-3-10-9(2-4-17-14(10)19)11-6-16-7-13-12(11)8-18-15(13)20/h2-7H,8H2,1H3,(H,18,20). The van der Waals surface area contributed by atoms with Crippen LogP contribution in [-0.2, 0) is 13.6 Å². The minimum atomic E-state index is -0.0484. The maximum absolute atomic E-state index is 11.7.